The first kappa shape index (κ1) is 17.5. The maximum Gasteiger partial charge on any atom is 0.251 e. The van der Waals surface area contributed by atoms with Gasteiger partial charge in [-0.3, -0.25) is 14.2 Å². The van der Waals surface area contributed by atoms with E-state index in [1.165, 1.54) is 0 Å². The van der Waals surface area contributed by atoms with Crippen LogP contribution in [0.4, 0.5) is 0 Å². The van der Waals surface area contributed by atoms with Gasteiger partial charge in [-0.15, -0.1) is 0 Å². The summed E-state index contributed by atoms with van der Waals surface area (Å²) in [6.07, 6.45) is 8.45. The highest BCUT2D eigenvalue weighted by atomic mass is 16.3. The third kappa shape index (κ3) is 3.93. The van der Waals surface area contributed by atoms with Gasteiger partial charge in [-0.25, -0.2) is 0 Å². The molecule has 0 spiro atoms. The topological polar surface area (TPSA) is 85.0 Å². The van der Waals surface area contributed by atoms with Crippen molar-refractivity contribution in [1.29, 1.82) is 0 Å². The standard InChI is InChI=1S/C20H23N5O2/c1-24-13-17(11-22-24)19(16-9-18(26)10-16)23-20(27)15-5-2-4-14(8-15)12-25-7-3-6-21-25/h2-8,11,13,16,18-19,26H,9-10,12H2,1H3,(H,23,27)/t16?,18?,19-/m0/s1. The number of hydrogen-bond donors (Lipinski definition) is 2. The van der Waals surface area contributed by atoms with E-state index in [-0.39, 0.29) is 24.0 Å². The van der Waals surface area contributed by atoms with Crippen LogP contribution in [0.1, 0.15) is 40.4 Å². The highest BCUT2D eigenvalue weighted by Crippen LogP contribution is 2.38. The molecule has 0 bridgehead atoms. The zero-order valence-corrected chi connectivity index (χ0v) is 15.2. The molecular formula is C20H23N5O2. The molecule has 4 rings (SSSR count). The molecule has 3 aromatic rings. The van der Waals surface area contributed by atoms with Gasteiger partial charge in [0.05, 0.1) is 24.9 Å². The lowest BCUT2D eigenvalue weighted by atomic mass is 9.75. The highest BCUT2D eigenvalue weighted by Gasteiger charge is 2.36. The van der Waals surface area contributed by atoms with E-state index in [0.29, 0.717) is 24.9 Å². The summed E-state index contributed by atoms with van der Waals surface area (Å²) >= 11 is 0. The van der Waals surface area contributed by atoms with E-state index in [9.17, 15) is 9.90 Å². The Hall–Kier alpha value is -2.93. The number of nitrogens with one attached hydrogen (secondary N) is 1. The molecule has 0 unspecified atom stereocenters. The highest BCUT2D eigenvalue weighted by molar-refractivity contribution is 5.94. The van der Waals surface area contributed by atoms with Crippen LogP contribution < -0.4 is 5.32 Å². The number of aliphatic hydroxyl groups is 1. The van der Waals surface area contributed by atoms with Gasteiger partial charge in [-0.1, -0.05) is 12.1 Å². The van der Waals surface area contributed by atoms with Crippen LogP contribution in [0.2, 0.25) is 0 Å². The molecule has 1 aliphatic carbocycles. The van der Waals surface area contributed by atoms with Gasteiger partial charge in [0.1, 0.15) is 0 Å². The Morgan fingerprint density at radius 2 is 2.19 bits per heavy atom. The summed E-state index contributed by atoms with van der Waals surface area (Å²) in [6.45, 7) is 0.620. The van der Waals surface area contributed by atoms with Crippen LogP contribution in [0.3, 0.4) is 0 Å². The second-order valence-corrected chi connectivity index (χ2v) is 7.19. The zero-order chi connectivity index (χ0) is 18.8. The summed E-state index contributed by atoms with van der Waals surface area (Å²) in [4.78, 5) is 12.9. The number of aryl methyl sites for hydroxylation is 1. The molecule has 1 aliphatic rings. The van der Waals surface area contributed by atoms with Gasteiger partial charge in [-0.2, -0.15) is 10.2 Å². The molecule has 1 amide bonds. The van der Waals surface area contributed by atoms with E-state index in [2.05, 4.69) is 15.5 Å². The van der Waals surface area contributed by atoms with Crippen molar-refractivity contribution >= 4 is 5.91 Å². The summed E-state index contributed by atoms with van der Waals surface area (Å²) < 4.78 is 3.56. The number of rotatable bonds is 6. The molecule has 140 valence electrons. The molecule has 0 saturated heterocycles. The third-order valence-corrected chi connectivity index (χ3v) is 5.08. The number of benzene rings is 1. The van der Waals surface area contributed by atoms with Crippen molar-refractivity contribution in [3.05, 3.63) is 71.8 Å². The summed E-state index contributed by atoms with van der Waals surface area (Å²) in [5, 5.41) is 21.3. The third-order valence-electron chi connectivity index (χ3n) is 5.08. The van der Waals surface area contributed by atoms with Crippen molar-refractivity contribution < 1.29 is 9.90 Å². The van der Waals surface area contributed by atoms with Gasteiger partial charge in [0.25, 0.3) is 5.91 Å². The smallest absolute Gasteiger partial charge is 0.251 e. The minimum Gasteiger partial charge on any atom is -0.393 e. The van der Waals surface area contributed by atoms with Crippen LogP contribution in [0.15, 0.2) is 55.1 Å². The molecule has 0 aliphatic heterocycles. The molecule has 1 fully saturated rings. The van der Waals surface area contributed by atoms with Crippen molar-refractivity contribution in [2.45, 2.75) is 31.5 Å². The molecule has 2 heterocycles. The van der Waals surface area contributed by atoms with Gasteiger partial charge in [-0.05, 0) is 42.5 Å². The molecule has 27 heavy (non-hydrogen) atoms. The quantitative estimate of drug-likeness (QED) is 0.699. The lowest BCUT2D eigenvalue weighted by Crippen LogP contribution is -2.41. The van der Waals surface area contributed by atoms with Crippen molar-refractivity contribution in [2.24, 2.45) is 13.0 Å². The largest absolute Gasteiger partial charge is 0.393 e. The Morgan fingerprint density at radius 1 is 1.33 bits per heavy atom. The van der Waals surface area contributed by atoms with Crippen molar-refractivity contribution in [1.82, 2.24) is 24.9 Å². The number of amides is 1. The Kier molecular flexibility index (Phi) is 4.77. The summed E-state index contributed by atoms with van der Waals surface area (Å²) in [7, 11) is 1.86. The van der Waals surface area contributed by atoms with Crippen LogP contribution in [-0.2, 0) is 13.6 Å². The zero-order valence-electron chi connectivity index (χ0n) is 15.2. The first-order valence-electron chi connectivity index (χ1n) is 9.12. The molecule has 1 atom stereocenters. The van der Waals surface area contributed by atoms with Gasteiger partial charge in [0, 0.05) is 36.8 Å². The number of aromatic nitrogens is 4. The van der Waals surface area contributed by atoms with Crippen molar-refractivity contribution in [3.8, 4) is 0 Å². The van der Waals surface area contributed by atoms with Gasteiger partial charge in [0.15, 0.2) is 0 Å². The number of carbonyl (C=O) groups is 1. The lowest BCUT2D eigenvalue weighted by Gasteiger charge is -2.37. The molecule has 7 nitrogen and oxygen atoms in total. The summed E-state index contributed by atoms with van der Waals surface area (Å²) in [5.74, 6) is 0.105. The second kappa shape index (κ2) is 7.36. The van der Waals surface area contributed by atoms with E-state index in [1.54, 1.807) is 17.1 Å². The predicted molar refractivity (Wildman–Crippen MR) is 99.9 cm³/mol. The van der Waals surface area contributed by atoms with Crippen LogP contribution >= 0.6 is 0 Å². The van der Waals surface area contributed by atoms with Crippen LogP contribution in [-0.4, -0.2) is 36.7 Å². The minimum absolute atomic E-state index is 0.118. The number of nitrogens with zero attached hydrogens (tertiary/aromatic N) is 4. The molecule has 1 saturated carbocycles. The second-order valence-electron chi connectivity index (χ2n) is 7.19. The molecule has 0 radical (unpaired) electrons. The number of hydrogen-bond acceptors (Lipinski definition) is 4. The first-order chi connectivity index (χ1) is 13.1. The Labute approximate surface area is 157 Å². The van der Waals surface area contributed by atoms with E-state index < -0.39 is 0 Å². The Bertz CT molecular complexity index is 912. The monoisotopic (exact) mass is 365 g/mol. The average Bonchev–Trinajstić information content (AvgIpc) is 3.29. The average molecular weight is 365 g/mol. The van der Waals surface area contributed by atoms with Crippen LogP contribution in [0, 0.1) is 5.92 Å². The Morgan fingerprint density at radius 3 is 2.85 bits per heavy atom. The summed E-state index contributed by atoms with van der Waals surface area (Å²) in [6, 6.07) is 9.32. The molecule has 7 heteroatoms. The fraction of sp³-hybridized carbons (Fsp3) is 0.350. The molecular weight excluding hydrogens is 342 g/mol. The van der Waals surface area contributed by atoms with Crippen LogP contribution in [0.5, 0.6) is 0 Å². The molecule has 1 aromatic carbocycles. The Balaban J connectivity index is 1.50. The number of carbonyl (C=O) groups excluding carboxylic acids is 1. The maximum absolute atomic E-state index is 12.9. The first-order valence-corrected chi connectivity index (χ1v) is 9.12. The molecule has 2 N–H and O–H groups in total. The van der Waals surface area contributed by atoms with Crippen LogP contribution in [0.25, 0.3) is 0 Å². The van der Waals surface area contributed by atoms with E-state index in [1.807, 2.05) is 54.5 Å². The van der Waals surface area contributed by atoms with Crippen molar-refractivity contribution in [2.75, 3.05) is 0 Å². The normalized spacial score (nSPS) is 20.1. The van der Waals surface area contributed by atoms with Gasteiger partial charge < -0.3 is 10.4 Å². The van der Waals surface area contributed by atoms with E-state index in [4.69, 9.17) is 0 Å². The van der Waals surface area contributed by atoms with Gasteiger partial charge >= 0.3 is 0 Å². The summed E-state index contributed by atoms with van der Waals surface area (Å²) in [5.41, 5.74) is 2.60. The minimum atomic E-state index is -0.275. The maximum atomic E-state index is 12.9. The fourth-order valence-electron chi connectivity index (χ4n) is 3.59. The van der Waals surface area contributed by atoms with Crippen molar-refractivity contribution in [3.63, 3.8) is 0 Å². The SMILES string of the molecule is Cn1cc([C@@H](NC(=O)c2cccc(Cn3cccn3)c2)C2CC(O)C2)cn1. The number of aliphatic hydroxyl groups excluding tert-OH is 1. The lowest BCUT2D eigenvalue weighted by molar-refractivity contribution is 0.0235. The fourth-order valence-corrected chi connectivity index (χ4v) is 3.59. The predicted octanol–water partition coefficient (Wildman–Crippen LogP) is 1.91. The molecule has 2 aromatic heterocycles. The van der Waals surface area contributed by atoms with E-state index >= 15 is 0 Å². The van der Waals surface area contributed by atoms with E-state index in [0.717, 1.165) is 11.1 Å². The van der Waals surface area contributed by atoms with Gasteiger partial charge in [0.2, 0.25) is 0 Å².